The number of hydrogen-bond acceptors (Lipinski definition) is 2. The zero-order valence-electron chi connectivity index (χ0n) is 11.5. The van der Waals surface area contributed by atoms with Crippen molar-refractivity contribution in [2.75, 3.05) is 6.54 Å². The quantitative estimate of drug-likeness (QED) is 0.874. The minimum atomic E-state index is -1.08. The lowest BCUT2D eigenvalue weighted by Crippen LogP contribution is -2.39. The second kappa shape index (κ2) is 5.83. The van der Waals surface area contributed by atoms with Crippen LogP contribution < -0.4 is 5.32 Å². The van der Waals surface area contributed by atoms with Gasteiger partial charge in [0.1, 0.15) is 5.67 Å². The molecule has 18 heavy (non-hydrogen) atoms. The van der Waals surface area contributed by atoms with Crippen LogP contribution in [0, 0.1) is 0 Å². The average molecular weight is 253 g/mol. The molecule has 0 saturated carbocycles. The van der Waals surface area contributed by atoms with Gasteiger partial charge in [-0.05, 0) is 51.1 Å². The highest BCUT2D eigenvalue weighted by Crippen LogP contribution is 2.26. The number of aromatic nitrogens is 2. The van der Waals surface area contributed by atoms with E-state index in [0.717, 1.165) is 24.9 Å². The first-order valence-corrected chi connectivity index (χ1v) is 6.95. The molecular weight excluding hydrogens is 229 g/mol. The van der Waals surface area contributed by atoms with Crippen LogP contribution in [0.25, 0.3) is 0 Å². The Morgan fingerprint density at radius 1 is 1.56 bits per heavy atom. The number of piperidine rings is 1. The minimum Gasteiger partial charge on any atom is -0.314 e. The first-order valence-electron chi connectivity index (χ1n) is 6.95. The van der Waals surface area contributed by atoms with Crippen LogP contribution in [0.4, 0.5) is 4.39 Å². The van der Waals surface area contributed by atoms with E-state index in [1.807, 2.05) is 19.4 Å². The maximum atomic E-state index is 14.5. The van der Waals surface area contributed by atoms with Gasteiger partial charge in [-0.1, -0.05) is 6.42 Å². The van der Waals surface area contributed by atoms with Crippen LogP contribution in [0.2, 0.25) is 0 Å². The summed E-state index contributed by atoms with van der Waals surface area (Å²) < 4.78 is 16.3. The third-order valence-electron chi connectivity index (χ3n) is 3.78. The van der Waals surface area contributed by atoms with E-state index in [9.17, 15) is 4.39 Å². The topological polar surface area (TPSA) is 29.9 Å². The van der Waals surface area contributed by atoms with E-state index >= 15 is 0 Å². The van der Waals surface area contributed by atoms with Crippen LogP contribution in [-0.2, 0) is 13.5 Å². The van der Waals surface area contributed by atoms with Gasteiger partial charge in [-0.25, -0.2) is 4.39 Å². The predicted octanol–water partition coefficient (Wildman–Crippen LogP) is 2.61. The normalized spacial score (nSPS) is 23.8. The van der Waals surface area contributed by atoms with E-state index in [1.165, 1.54) is 12.8 Å². The summed E-state index contributed by atoms with van der Waals surface area (Å²) in [6.45, 7) is 2.78. The Balaban J connectivity index is 1.79. The highest BCUT2D eigenvalue weighted by molar-refractivity contribution is 5.04. The summed E-state index contributed by atoms with van der Waals surface area (Å²) in [6.07, 6.45) is 9.36. The zero-order valence-corrected chi connectivity index (χ0v) is 11.5. The Kier molecular flexibility index (Phi) is 4.38. The summed E-state index contributed by atoms with van der Waals surface area (Å²) in [6, 6.07) is 0.364. The van der Waals surface area contributed by atoms with E-state index in [4.69, 9.17) is 0 Å². The molecule has 1 aromatic heterocycles. The summed E-state index contributed by atoms with van der Waals surface area (Å²) in [5.41, 5.74) is 0.0446. The molecule has 2 rings (SSSR count). The van der Waals surface area contributed by atoms with Crippen LogP contribution in [0.15, 0.2) is 12.4 Å². The van der Waals surface area contributed by atoms with Gasteiger partial charge in [-0.2, -0.15) is 5.10 Å². The SMILES string of the molecule is Cn1cc(CCC(C)(F)CC2CCCCN2)cn1. The zero-order chi connectivity index (χ0) is 13.0. The summed E-state index contributed by atoms with van der Waals surface area (Å²) >= 11 is 0. The number of alkyl halides is 1. The van der Waals surface area contributed by atoms with E-state index in [0.29, 0.717) is 18.9 Å². The lowest BCUT2D eigenvalue weighted by Gasteiger charge is -2.29. The van der Waals surface area contributed by atoms with Crippen molar-refractivity contribution in [3.63, 3.8) is 0 Å². The van der Waals surface area contributed by atoms with Crippen molar-refractivity contribution in [2.45, 2.75) is 57.2 Å². The maximum absolute atomic E-state index is 14.5. The third-order valence-corrected chi connectivity index (χ3v) is 3.78. The standard InChI is InChI=1S/C14H24FN3/c1-14(15,9-13-5-3-4-8-16-13)7-6-12-10-17-18(2)11-12/h10-11,13,16H,3-9H2,1-2H3. The monoisotopic (exact) mass is 253 g/mol. The molecule has 1 aromatic rings. The fourth-order valence-corrected chi connectivity index (χ4v) is 2.72. The Morgan fingerprint density at radius 2 is 2.39 bits per heavy atom. The van der Waals surface area contributed by atoms with Crippen molar-refractivity contribution >= 4 is 0 Å². The molecule has 0 radical (unpaired) electrons. The van der Waals surface area contributed by atoms with Gasteiger partial charge in [0.2, 0.25) is 0 Å². The van der Waals surface area contributed by atoms with Crippen LogP contribution in [0.3, 0.4) is 0 Å². The molecule has 1 aliphatic heterocycles. The van der Waals surface area contributed by atoms with Gasteiger partial charge in [-0.3, -0.25) is 4.68 Å². The van der Waals surface area contributed by atoms with Gasteiger partial charge < -0.3 is 5.32 Å². The number of halogens is 1. The first-order chi connectivity index (χ1) is 8.55. The van der Waals surface area contributed by atoms with Crippen molar-refractivity contribution < 1.29 is 4.39 Å². The molecule has 1 aliphatic rings. The van der Waals surface area contributed by atoms with Gasteiger partial charge in [0, 0.05) is 19.3 Å². The van der Waals surface area contributed by atoms with Crippen LogP contribution in [-0.4, -0.2) is 28.0 Å². The fourth-order valence-electron chi connectivity index (χ4n) is 2.72. The smallest absolute Gasteiger partial charge is 0.110 e. The maximum Gasteiger partial charge on any atom is 0.110 e. The predicted molar refractivity (Wildman–Crippen MR) is 71.3 cm³/mol. The van der Waals surface area contributed by atoms with Crippen LogP contribution in [0.1, 0.15) is 44.6 Å². The highest BCUT2D eigenvalue weighted by Gasteiger charge is 2.28. The van der Waals surface area contributed by atoms with Crippen molar-refractivity contribution in [3.05, 3.63) is 18.0 Å². The fraction of sp³-hybridized carbons (Fsp3) is 0.786. The number of aryl methyl sites for hydroxylation is 2. The van der Waals surface area contributed by atoms with Crippen LogP contribution in [0.5, 0.6) is 0 Å². The molecule has 0 bridgehead atoms. The molecular formula is C14H24FN3. The van der Waals surface area contributed by atoms with Gasteiger partial charge in [0.25, 0.3) is 0 Å². The van der Waals surface area contributed by atoms with Crippen LogP contribution >= 0.6 is 0 Å². The summed E-state index contributed by atoms with van der Waals surface area (Å²) in [7, 11) is 1.89. The number of hydrogen-bond donors (Lipinski definition) is 1. The molecule has 3 nitrogen and oxygen atoms in total. The molecule has 1 N–H and O–H groups in total. The van der Waals surface area contributed by atoms with Crippen molar-refractivity contribution in [1.82, 2.24) is 15.1 Å². The first kappa shape index (κ1) is 13.5. The molecule has 1 saturated heterocycles. The number of nitrogens with zero attached hydrogens (tertiary/aromatic N) is 2. The molecule has 0 amide bonds. The van der Waals surface area contributed by atoms with Gasteiger partial charge in [0.05, 0.1) is 6.20 Å². The molecule has 1 fully saturated rings. The van der Waals surface area contributed by atoms with E-state index in [-0.39, 0.29) is 0 Å². The Hall–Kier alpha value is -0.900. The number of rotatable bonds is 5. The lowest BCUT2D eigenvalue weighted by molar-refractivity contribution is 0.135. The molecule has 2 unspecified atom stereocenters. The summed E-state index contributed by atoms with van der Waals surface area (Å²) in [4.78, 5) is 0. The van der Waals surface area contributed by atoms with Gasteiger partial charge in [0.15, 0.2) is 0 Å². The second-order valence-corrected chi connectivity index (χ2v) is 5.79. The van der Waals surface area contributed by atoms with Crippen molar-refractivity contribution in [3.8, 4) is 0 Å². The number of nitrogens with one attached hydrogen (secondary N) is 1. The molecule has 2 atom stereocenters. The molecule has 102 valence electrons. The summed E-state index contributed by atoms with van der Waals surface area (Å²) in [5, 5.41) is 7.54. The molecule has 4 heteroatoms. The average Bonchev–Trinajstić information content (AvgIpc) is 2.74. The third kappa shape index (κ3) is 4.09. The van der Waals surface area contributed by atoms with Gasteiger partial charge in [-0.15, -0.1) is 0 Å². The molecule has 0 aromatic carbocycles. The highest BCUT2D eigenvalue weighted by atomic mass is 19.1. The molecule has 0 aliphatic carbocycles. The Bertz CT molecular complexity index is 367. The van der Waals surface area contributed by atoms with E-state index in [2.05, 4.69) is 10.4 Å². The van der Waals surface area contributed by atoms with Gasteiger partial charge >= 0.3 is 0 Å². The molecule has 0 spiro atoms. The largest absolute Gasteiger partial charge is 0.314 e. The van der Waals surface area contributed by atoms with E-state index in [1.54, 1.807) is 11.6 Å². The lowest BCUT2D eigenvalue weighted by atomic mass is 9.89. The Morgan fingerprint density at radius 3 is 3.00 bits per heavy atom. The Labute approximate surface area is 109 Å². The second-order valence-electron chi connectivity index (χ2n) is 5.79. The minimum absolute atomic E-state index is 0.364. The van der Waals surface area contributed by atoms with E-state index < -0.39 is 5.67 Å². The van der Waals surface area contributed by atoms with Crippen molar-refractivity contribution in [1.29, 1.82) is 0 Å². The molecule has 2 heterocycles. The van der Waals surface area contributed by atoms with Crippen molar-refractivity contribution in [2.24, 2.45) is 7.05 Å². The summed E-state index contributed by atoms with van der Waals surface area (Å²) in [5.74, 6) is 0.